The molecule has 1 aromatic rings. The molecule has 4 nitrogen and oxygen atoms in total. The quantitative estimate of drug-likeness (QED) is 0.843. The fourth-order valence-electron chi connectivity index (χ4n) is 1.68. The molecule has 1 heterocycles. The maximum atomic E-state index is 11.1. The van der Waals surface area contributed by atoms with Crippen LogP contribution in [0, 0.1) is 6.92 Å². The van der Waals surface area contributed by atoms with Gasteiger partial charge in [0.1, 0.15) is 9.84 Å². The smallest absolute Gasteiger partial charge is 0.148 e. The van der Waals surface area contributed by atoms with Gasteiger partial charge >= 0.3 is 0 Å². The standard InChI is InChI=1S/C11H20N2O2S2/c1-9-4-6-16-11(9)10(8-12)13(2)5-7-17(3,14)15/h4,6,10H,5,7-8,12H2,1-3H3. The zero-order valence-corrected chi connectivity index (χ0v) is 12.1. The summed E-state index contributed by atoms with van der Waals surface area (Å²) in [6.07, 6.45) is 1.26. The van der Waals surface area contributed by atoms with E-state index in [2.05, 4.69) is 13.0 Å². The molecule has 6 heteroatoms. The number of aryl methyl sites for hydroxylation is 1. The number of likely N-dealkylation sites (N-methyl/N-ethyl adjacent to an activating group) is 1. The average Bonchev–Trinajstić information content (AvgIpc) is 2.62. The van der Waals surface area contributed by atoms with Gasteiger partial charge in [0, 0.05) is 24.2 Å². The minimum Gasteiger partial charge on any atom is -0.329 e. The Bertz CT molecular complexity index is 454. The van der Waals surface area contributed by atoms with Crippen LogP contribution >= 0.6 is 11.3 Å². The number of sulfone groups is 1. The Morgan fingerprint density at radius 3 is 2.59 bits per heavy atom. The number of rotatable bonds is 6. The molecule has 0 amide bonds. The van der Waals surface area contributed by atoms with Crippen molar-refractivity contribution >= 4 is 21.2 Å². The van der Waals surface area contributed by atoms with Gasteiger partial charge in [-0.1, -0.05) is 0 Å². The van der Waals surface area contributed by atoms with Crippen molar-refractivity contribution < 1.29 is 8.42 Å². The highest BCUT2D eigenvalue weighted by molar-refractivity contribution is 7.90. The van der Waals surface area contributed by atoms with Crippen molar-refractivity contribution in [2.45, 2.75) is 13.0 Å². The van der Waals surface area contributed by atoms with Crippen LogP contribution < -0.4 is 5.73 Å². The van der Waals surface area contributed by atoms with Crippen molar-refractivity contribution in [2.75, 3.05) is 32.1 Å². The van der Waals surface area contributed by atoms with E-state index < -0.39 is 9.84 Å². The molecular weight excluding hydrogens is 256 g/mol. The first-order chi connectivity index (χ1) is 7.85. The van der Waals surface area contributed by atoms with E-state index in [-0.39, 0.29) is 11.8 Å². The summed E-state index contributed by atoms with van der Waals surface area (Å²) in [4.78, 5) is 3.24. The lowest BCUT2D eigenvalue weighted by Gasteiger charge is -2.26. The third-order valence-corrected chi connectivity index (χ3v) is 4.82. The summed E-state index contributed by atoms with van der Waals surface area (Å²) in [6.45, 7) is 3.07. The SMILES string of the molecule is Cc1ccsc1C(CN)N(C)CCS(C)(=O)=O. The zero-order valence-electron chi connectivity index (χ0n) is 10.5. The lowest BCUT2D eigenvalue weighted by molar-refractivity contribution is 0.267. The van der Waals surface area contributed by atoms with Gasteiger partial charge < -0.3 is 5.73 Å². The van der Waals surface area contributed by atoms with Crippen molar-refractivity contribution in [3.8, 4) is 0 Å². The van der Waals surface area contributed by atoms with E-state index in [1.165, 1.54) is 16.7 Å². The van der Waals surface area contributed by atoms with Gasteiger partial charge in [0.2, 0.25) is 0 Å². The van der Waals surface area contributed by atoms with E-state index >= 15 is 0 Å². The molecule has 1 rings (SSSR count). The van der Waals surface area contributed by atoms with E-state index in [4.69, 9.17) is 5.73 Å². The number of hydrogen-bond acceptors (Lipinski definition) is 5. The number of thiophene rings is 1. The van der Waals surface area contributed by atoms with E-state index in [1.54, 1.807) is 11.3 Å². The summed E-state index contributed by atoms with van der Waals surface area (Å²) in [5, 5.41) is 2.04. The van der Waals surface area contributed by atoms with Gasteiger partial charge in [-0.3, -0.25) is 4.90 Å². The van der Waals surface area contributed by atoms with Crippen LogP contribution in [0.5, 0.6) is 0 Å². The molecule has 1 aromatic heterocycles. The summed E-state index contributed by atoms with van der Waals surface area (Å²) in [6, 6.07) is 2.17. The second-order valence-electron chi connectivity index (χ2n) is 4.33. The van der Waals surface area contributed by atoms with Crippen molar-refractivity contribution in [1.29, 1.82) is 0 Å². The molecule has 0 aliphatic heterocycles. The molecule has 0 radical (unpaired) electrons. The first-order valence-electron chi connectivity index (χ1n) is 5.47. The summed E-state index contributed by atoms with van der Waals surface area (Å²) in [7, 11) is -1.00. The van der Waals surface area contributed by atoms with E-state index in [0.717, 1.165) is 0 Å². The maximum absolute atomic E-state index is 11.1. The molecule has 1 unspecified atom stereocenters. The van der Waals surface area contributed by atoms with Gasteiger partial charge in [-0.2, -0.15) is 0 Å². The molecule has 1 atom stereocenters. The molecule has 0 aliphatic rings. The topological polar surface area (TPSA) is 63.4 Å². The summed E-state index contributed by atoms with van der Waals surface area (Å²) in [5.41, 5.74) is 7.01. The van der Waals surface area contributed by atoms with Crippen molar-refractivity contribution in [2.24, 2.45) is 5.73 Å². The summed E-state index contributed by atoms with van der Waals surface area (Å²) >= 11 is 1.67. The first-order valence-corrected chi connectivity index (χ1v) is 8.41. The maximum Gasteiger partial charge on any atom is 0.148 e. The van der Waals surface area contributed by atoms with E-state index in [9.17, 15) is 8.42 Å². The van der Waals surface area contributed by atoms with Crippen molar-refractivity contribution in [3.05, 3.63) is 21.9 Å². The minimum atomic E-state index is -2.92. The Hall–Kier alpha value is -0.430. The van der Waals surface area contributed by atoms with Gasteiger partial charge in [-0.05, 0) is 31.0 Å². The largest absolute Gasteiger partial charge is 0.329 e. The molecule has 0 aromatic carbocycles. The fraction of sp³-hybridized carbons (Fsp3) is 0.636. The van der Waals surface area contributed by atoms with E-state index in [1.807, 2.05) is 17.3 Å². The van der Waals surface area contributed by atoms with Crippen LogP contribution in [0.1, 0.15) is 16.5 Å². The fourth-order valence-corrected chi connectivity index (χ4v) is 3.40. The second-order valence-corrected chi connectivity index (χ2v) is 7.54. The number of nitrogens with zero attached hydrogens (tertiary/aromatic N) is 1. The van der Waals surface area contributed by atoms with Gasteiger partial charge in [0.15, 0.2) is 0 Å². The van der Waals surface area contributed by atoms with Gasteiger partial charge in [0.05, 0.1) is 11.8 Å². The van der Waals surface area contributed by atoms with E-state index in [0.29, 0.717) is 13.1 Å². The van der Waals surface area contributed by atoms with Crippen molar-refractivity contribution in [3.63, 3.8) is 0 Å². The molecule has 0 saturated carbocycles. The third kappa shape index (κ3) is 4.39. The Labute approximate surface area is 107 Å². The van der Waals surface area contributed by atoms with Crippen LogP contribution in [-0.2, 0) is 9.84 Å². The Morgan fingerprint density at radius 2 is 2.18 bits per heavy atom. The van der Waals surface area contributed by atoms with Crippen molar-refractivity contribution in [1.82, 2.24) is 4.90 Å². The molecule has 0 saturated heterocycles. The van der Waals surface area contributed by atoms with Crippen LogP contribution in [0.3, 0.4) is 0 Å². The lowest BCUT2D eigenvalue weighted by atomic mass is 10.1. The van der Waals surface area contributed by atoms with Gasteiger partial charge in [0.25, 0.3) is 0 Å². The molecule has 0 fully saturated rings. The first kappa shape index (κ1) is 14.6. The van der Waals surface area contributed by atoms with Crippen LogP contribution in [0.25, 0.3) is 0 Å². The minimum absolute atomic E-state index is 0.108. The van der Waals surface area contributed by atoms with Crippen LogP contribution in [0.2, 0.25) is 0 Å². The highest BCUT2D eigenvalue weighted by Crippen LogP contribution is 2.26. The van der Waals surface area contributed by atoms with Gasteiger partial charge in [-0.15, -0.1) is 11.3 Å². The Balaban J connectivity index is 2.72. The molecule has 98 valence electrons. The molecular formula is C11H20N2O2S2. The zero-order chi connectivity index (χ0) is 13.1. The summed E-state index contributed by atoms with van der Waals surface area (Å²) < 4.78 is 22.3. The number of nitrogens with two attached hydrogens (primary N) is 1. The molecule has 0 bridgehead atoms. The Kier molecular flexibility index (Phi) is 5.12. The monoisotopic (exact) mass is 276 g/mol. The molecule has 17 heavy (non-hydrogen) atoms. The number of hydrogen-bond donors (Lipinski definition) is 1. The molecule has 2 N–H and O–H groups in total. The predicted molar refractivity (Wildman–Crippen MR) is 73.2 cm³/mol. The highest BCUT2D eigenvalue weighted by atomic mass is 32.2. The van der Waals surface area contributed by atoms with Crippen LogP contribution in [-0.4, -0.2) is 45.5 Å². The lowest BCUT2D eigenvalue weighted by Crippen LogP contribution is -2.33. The predicted octanol–water partition coefficient (Wildman–Crippen LogP) is 1.03. The average molecular weight is 276 g/mol. The van der Waals surface area contributed by atoms with Gasteiger partial charge in [-0.25, -0.2) is 8.42 Å². The third-order valence-electron chi connectivity index (χ3n) is 2.77. The second kappa shape index (κ2) is 5.95. The van der Waals surface area contributed by atoms with Crippen LogP contribution in [0.15, 0.2) is 11.4 Å². The Morgan fingerprint density at radius 1 is 1.53 bits per heavy atom. The molecule has 0 spiro atoms. The van der Waals surface area contributed by atoms with Crippen LogP contribution in [0.4, 0.5) is 0 Å². The summed E-state index contributed by atoms with van der Waals surface area (Å²) in [5.74, 6) is 0.171. The highest BCUT2D eigenvalue weighted by Gasteiger charge is 2.19. The molecule has 0 aliphatic carbocycles. The normalized spacial score (nSPS) is 14.2.